The Labute approximate surface area is 110 Å². The van der Waals surface area contributed by atoms with Crippen LogP contribution < -0.4 is 5.32 Å². The van der Waals surface area contributed by atoms with Crippen LogP contribution in [0.5, 0.6) is 0 Å². The first-order valence-electron chi connectivity index (χ1n) is 7.36. The standard InChI is InChI=1S/C14H26N4/c1-3-8-18-14(16-11-17-18)9-13(10-15-2)12-6-4-5-7-12/h11-13,15H,3-10H2,1-2H3. The van der Waals surface area contributed by atoms with Crippen molar-refractivity contribution in [3.05, 3.63) is 12.2 Å². The second-order valence-electron chi connectivity index (χ2n) is 5.47. The van der Waals surface area contributed by atoms with Gasteiger partial charge in [-0.1, -0.05) is 32.6 Å². The van der Waals surface area contributed by atoms with Crippen molar-refractivity contribution in [3.8, 4) is 0 Å². The summed E-state index contributed by atoms with van der Waals surface area (Å²) >= 11 is 0. The normalized spacial score (nSPS) is 18.3. The zero-order valence-corrected chi connectivity index (χ0v) is 11.7. The van der Waals surface area contributed by atoms with Gasteiger partial charge >= 0.3 is 0 Å². The van der Waals surface area contributed by atoms with Crippen LogP contribution in [0.2, 0.25) is 0 Å². The number of nitrogens with zero attached hydrogens (tertiary/aromatic N) is 3. The topological polar surface area (TPSA) is 42.7 Å². The van der Waals surface area contributed by atoms with Crippen molar-refractivity contribution in [3.63, 3.8) is 0 Å². The van der Waals surface area contributed by atoms with Gasteiger partial charge in [0.05, 0.1) is 0 Å². The highest BCUT2D eigenvalue weighted by Gasteiger charge is 2.26. The van der Waals surface area contributed by atoms with Gasteiger partial charge in [0.25, 0.3) is 0 Å². The summed E-state index contributed by atoms with van der Waals surface area (Å²) in [6, 6.07) is 0. The van der Waals surface area contributed by atoms with E-state index in [0.29, 0.717) is 0 Å². The summed E-state index contributed by atoms with van der Waals surface area (Å²) in [6.45, 7) is 4.28. The lowest BCUT2D eigenvalue weighted by atomic mass is 9.88. The molecule has 0 bridgehead atoms. The fourth-order valence-corrected chi connectivity index (χ4v) is 3.18. The molecule has 1 aliphatic carbocycles. The Kier molecular flexibility index (Phi) is 5.17. The monoisotopic (exact) mass is 250 g/mol. The quantitative estimate of drug-likeness (QED) is 0.807. The molecule has 1 fully saturated rings. The lowest BCUT2D eigenvalue weighted by molar-refractivity contribution is 0.318. The Morgan fingerprint density at radius 1 is 1.44 bits per heavy atom. The van der Waals surface area contributed by atoms with Crippen LogP contribution in [0.15, 0.2) is 6.33 Å². The minimum atomic E-state index is 0.720. The summed E-state index contributed by atoms with van der Waals surface area (Å²) in [5, 5.41) is 7.68. The van der Waals surface area contributed by atoms with E-state index in [2.05, 4.69) is 34.1 Å². The number of hydrogen-bond acceptors (Lipinski definition) is 3. The van der Waals surface area contributed by atoms with Crippen LogP contribution in [0.25, 0.3) is 0 Å². The number of aromatic nitrogens is 3. The number of aryl methyl sites for hydroxylation is 1. The van der Waals surface area contributed by atoms with Crippen molar-refractivity contribution in [1.82, 2.24) is 20.1 Å². The van der Waals surface area contributed by atoms with Crippen molar-refractivity contribution in [2.75, 3.05) is 13.6 Å². The molecule has 1 N–H and O–H groups in total. The van der Waals surface area contributed by atoms with Gasteiger partial charge in [0.15, 0.2) is 0 Å². The molecule has 0 aromatic carbocycles. The van der Waals surface area contributed by atoms with Crippen molar-refractivity contribution >= 4 is 0 Å². The number of hydrogen-bond donors (Lipinski definition) is 1. The van der Waals surface area contributed by atoms with Gasteiger partial charge in [0.2, 0.25) is 0 Å². The van der Waals surface area contributed by atoms with Gasteiger partial charge in [-0.15, -0.1) is 0 Å². The number of rotatable bonds is 7. The third-order valence-corrected chi connectivity index (χ3v) is 4.11. The largest absolute Gasteiger partial charge is 0.319 e. The summed E-state index contributed by atoms with van der Waals surface area (Å²) in [6.07, 6.45) is 9.51. The molecule has 0 radical (unpaired) electrons. The molecule has 1 aromatic heterocycles. The SMILES string of the molecule is CCCn1ncnc1CC(CNC)C1CCCC1. The maximum atomic E-state index is 4.45. The number of nitrogens with one attached hydrogen (secondary N) is 1. The second kappa shape index (κ2) is 6.88. The molecule has 4 heteroatoms. The molecule has 1 heterocycles. The molecule has 1 unspecified atom stereocenters. The summed E-state index contributed by atoms with van der Waals surface area (Å²) in [5.74, 6) is 2.77. The fraction of sp³-hybridized carbons (Fsp3) is 0.857. The fourth-order valence-electron chi connectivity index (χ4n) is 3.18. The summed E-state index contributed by atoms with van der Waals surface area (Å²) in [5.41, 5.74) is 0. The lowest BCUT2D eigenvalue weighted by Gasteiger charge is -2.22. The van der Waals surface area contributed by atoms with E-state index in [0.717, 1.165) is 37.8 Å². The minimum absolute atomic E-state index is 0.720. The summed E-state index contributed by atoms with van der Waals surface area (Å²) < 4.78 is 2.08. The molecule has 0 spiro atoms. The van der Waals surface area contributed by atoms with Crippen LogP contribution in [0.3, 0.4) is 0 Å². The smallest absolute Gasteiger partial charge is 0.138 e. The molecular weight excluding hydrogens is 224 g/mol. The van der Waals surface area contributed by atoms with Gasteiger partial charge in [0.1, 0.15) is 12.2 Å². The van der Waals surface area contributed by atoms with Crippen molar-refractivity contribution < 1.29 is 0 Å². The van der Waals surface area contributed by atoms with Gasteiger partial charge in [0, 0.05) is 13.0 Å². The Hall–Kier alpha value is -0.900. The molecule has 0 aliphatic heterocycles. The maximum Gasteiger partial charge on any atom is 0.138 e. The van der Waals surface area contributed by atoms with Gasteiger partial charge in [-0.05, 0) is 31.8 Å². The first kappa shape index (κ1) is 13.5. The predicted octanol–water partition coefficient (Wildman–Crippen LogP) is 2.26. The minimum Gasteiger partial charge on any atom is -0.319 e. The highest BCUT2D eigenvalue weighted by atomic mass is 15.3. The third-order valence-electron chi connectivity index (χ3n) is 4.11. The van der Waals surface area contributed by atoms with Gasteiger partial charge < -0.3 is 5.32 Å². The molecule has 1 aliphatic rings. The van der Waals surface area contributed by atoms with Gasteiger partial charge in [-0.3, -0.25) is 4.68 Å². The molecule has 2 rings (SSSR count). The van der Waals surface area contributed by atoms with Crippen molar-refractivity contribution in [1.29, 1.82) is 0 Å². The van der Waals surface area contributed by atoms with Crippen LogP contribution >= 0.6 is 0 Å². The highest BCUT2D eigenvalue weighted by Crippen LogP contribution is 2.32. The van der Waals surface area contributed by atoms with E-state index in [-0.39, 0.29) is 0 Å². The molecule has 18 heavy (non-hydrogen) atoms. The second-order valence-corrected chi connectivity index (χ2v) is 5.47. The molecule has 4 nitrogen and oxygen atoms in total. The van der Waals surface area contributed by atoms with E-state index >= 15 is 0 Å². The zero-order chi connectivity index (χ0) is 12.8. The predicted molar refractivity (Wildman–Crippen MR) is 73.4 cm³/mol. The average molecular weight is 250 g/mol. The first-order chi connectivity index (χ1) is 8.85. The zero-order valence-electron chi connectivity index (χ0n) is 11.7. The van der Waals surface area contributed by atoms with E-state index in [1.165, 1.54) is 31.5 Å². The molecule has 1 atom stereocenters. The Morgan fingerprint density at radius 2 is 2.22 bits per heavy atom. The van der Waals surface area contributed by atoms with Crippen LogP contribution in [0.1, 0.15) is 44.9 Å². The molecule has 1 saturated carbocycles. The molecule has 0 amide bonds. The van der Waals surface area contributed by atoms with Gasteiger partial charge in [-0.25, -0.2) is 4.98 Å². The maximum absolute atomic E-state index is 4.45. The molecule has 1 aromatic rings. The van der Waals surface area contributed by atoms with Gasteiger partial charge in [-0.2, -0.15) is 5.10 Å². The molecule has 102 valence electrons. The van der Waals surface area contributed by atoms with Crippen molar-refractivity contribution in [2.24, 2.45) is 11.8 Å². The molecule has 0 saturated heterocycles. The Balaban J connectivity index is 2.00. The van der Waals surface area contributed by atoms with Crippen molar-refractivity contribution in [2.45, 2.75) is 52.0 Å². The van der Waals surface area contributed by atoms with E-state index in [1.54, 1.807) is 6.33 Å². The van der Waals surface area contributed by atoms with E-state index < -0.39 is 0 Å². The average Bonchev–Trinajstić information content (AvgIpc) is 3.01. The van der Waals surface area contributed by atoms with E-state index in [1.807, 2.05) is 0 Å². The first-order valence-corrected chi connectivity index (χ1v) is 7.36. The lowest BCUT2D eigenvalue weighted by Crippen LogP contribution is -2.27. The van der Waals surface area contributed by atoms with Crippen LogP contribution in [-0.2, 0) is 13.0 Å². The summed E-state index contributed by atoms with van der Waals surface area (Å²) in [4.78, 5) is 4.45. The molecular formula is C14H26N4. The van der Waals surface area contributed by atoms with Crippen LogP contribution in [-0.4, -0.2) is 28.4 Å². The van der Waals surface area contributed by atoms with Crippen LogP contribution in [0, 0.1) is 11.8 Å². The summed E-state index contributed by atoms with van der Waals surface area (Å²) in [7, 11) is 2.05. The Bertz CT molecular complexity index is 341. The van der Waals surface area contributed by atoms with Crippen LogP contribution in [0.4, 0.5) is 0 Å². The van der Waals surface area contributed by atoms with E-state index in [4.69, 9.17) is 0 Å². The van der Waals surface area contributed by atoms with E-state index in [9.17, 15) is 0 Å². The Morgan fingerprint density at radius 3 is 2.89 bits per heavy atom. The third kappa shape index (κ3) is 3.31. The highest BCUT2D eigenvalue weighted by molar-refractivity contribution is 4.91.